The molecular formula is C15H26N2O3. The summed E-state index contributed by atoms with van der Waals surface area (Å²) in [5, 5.41) is 9.47. The highest BCUT2D eigenvalue weighted by molar-refractivity contribution is 5.79. The quantitative estimate of drug-likeness (QED) is 0.788. The van der Waals surface area contributed by atoms with E-state index in [0.717, 1.165) is 6.42 Å². The fourth-order valence-electron chi connectivity index (χ4n) is 2.74. The van der Waals surface area contributed by atoms with E-state index in [9.17, 15) is 14.7 Å². The topological polar surface area (TPSA) is 60.9 Å². The molecule has 5 nitrogen and oxygen atoms in total. The summed E-state index contributed by atoms with van der Waals surface area (Å²) >= 11 is 0. The molecule has 20 heavy (non-hydrogen) atoms. The van der Waals surface area contributed by atoms with Crippen LogP contribution in [0, 0.1) is 5.41 Å². The number of urea groups is 1. The molecule has 1 aliphatic heterocycles. The third-order valence-electron chi connectivity index (χ3n) is 4.17. The van der Waals surface area contributed by atoms with Crippen molar-refractivity contribution in [2.75, 3.05) is 19.6 Å². The van der Waals surface area contributed by atoms with Gasteiger partial charge in [-0.1, -0.05) is 13.0 Å². The maximum Gasteiger partial charge on any atom is 0.320 e. The van der Waals surface area contributed by atoms with Gasteiger partial charge in [0.05, 0.1) is 5.41 Å². The summed E-state index contributed by atoms with van der Waals surface area (Å²) in [6, 6.07) is -0.0121. The smallest absolute Gasteiger partial charge is 0.320 e. The van der Waals surface area contributed by atoms with Gasteiger partial charge in [0.2, 0.25) is 0 Å². The van der Waals surface area contributed by atoms with Crippen molar-refractivity contribution in [2.24, 2.45) is 5.41 Å². The predicted molar refractivity (Wildman–Crippen MR) is 78.6 cm³/mol. The average molecular weight is 282 g/mol. The van der Waals surface area contributed by atoms with Gasteiger partial charge in [0.1, 0.15) is 0 Å². The van der Waals surface area contributed by atoms with Crippen LogP contribution in [0.5, 0.6) is 0 Å². The highest BCUT2D eigenvalue weighted by Crippen LogP contribution is 2.34. The summed E-state index contributed by atoms with van der Waals surface area (Å²) in [5.41, 5.74) is -0.787. The van der Waals surface area contributed by atoms with E-state index in [1.54, 1.807) is 15.9 Å². The largest absolute Gasteiger partial charge is 0.481 e. The highest BCUT2D eigenvalue weighted by atomic mass is 16.4. The monoisotopic (exact) mass is 282 g/mol. The fraction of sp³-hybridized carbons (Fsp3) is 0.733. The molecule has 1 N–H and O–H groups in total. The third-order valence-corrected chi connectivity index (χ3v) is 4.17. The van der Waals surface area contributed by atoms with Crippen LogP contribution in [-0.4, -0.2) is 52.6 Å². The fourth-order valence-corrected chi connectivity index (χ4v) is 2.74. The summed E-state index contributed by atoms with van der Waals surface area (Å²) in [4.78, 5) is 27.5. The van der Waals surface area contributed by atoms with E-state index in [-0.39, 0.29) is 12.1 Å². The van der Waals surface area contributed by atoms with Gasteiger partial charge in [-0.15, -0.1) is 6.58 Å². The maximum absolute atomic E-state index is 12.6. The number of amides is 2. The first-order valence-electron chi connectivity index (χ1n) is 7.27. The van der Waals surface area contributed by atoms with Gasteiger partial charge in [-0.05, 0) is 33.1 Å². The van der Waals surface area contributed by atoms with Crippen LogP contribution in [-0.2, 0) is 4.79 Å². The maximum atomic E-state index is 12.6. The lowest BCUT2D eigenvalue weighted by Crippen LogP contribution is -2.54. The Labute approximate surface area is 121 Å². The minimum absolute atomic E-state index is 0.0725. The Kier molecular flexibility index (Phi) is 5.60. The van der Waals surface area contributed by atoms with Crippen LogP contribution in [0.15, 0.2) is 12.7 Å². The zero-order chi connectivity index (χ0) is 15.3. The molecule has 0 bridgehead atoms. The summed E-state index contributed by atoms with van der Waals surface area (Å²) in [6.45, 7) is 10.9. The van der Waals surface area contributed by atoms with Crippen molar-refractivity contribution in [3.63, 3.8) is 0 Å². The summed E-state index contributed by atoms with van der Waals surface area (Å²) in [7, 11) is 0. The lowest BCUT2D eigenvalue weighted by molar-refractivity contribution is -0.152. The van der Waals surface area contributed by atoms with Crippen LogP contribution in [0.1, 0.15) is 40.0 Å². The second-order valence-corrected chi connectivity index (χ2v) is 5.78. The number of piperidine rings is 1. The zero-order valence-corrected chi connectivity index (χ0v) is 12.8. The summed E-state index contributed by atoms with van der Waals surface area (Å²) in [5.74, 6) is -0.794. The highest BCUT2D eigenvalue weighted by Gasteiger charge is 2.42. The number of carbonyl (C=O) groups is 2. The molecule has 0 aromatic carbocycles. The molecule has 1 fully saturated rings. The van der Waals surface area contributed by atoms with Crippen molar-refractivity contribution in [3.05, 3.63) is 12.7 Å². The summed E-state index contributed by atoms with van der Waals surface area (Å²) in [6.07, 6.45) is 3.64. The number of carboxylic acids is 1. The molecule has 0 aromatic rings. The Bertz CT molecular complexity index is 381. The van der Waals surface area contributed by atoms with Crippen molar-refractivity contribution in [2.45, 2.75) is 46.1 Å². The van der Waals surface area contributed by atoms with Crippen molar-refractivity contribution >= 4 is 12.0 Å². The first kappa shape index (κ1) is 16.5. The molecule has 1 unspecified atom stereocenters. The average Bonchev–Trinajstić information content (AvgIpc) is 2.43. The Morgan fingerprint density at radius 2 is 2.15 bits per heavy atom. The van der Waals surface area contributed by atoms with Gasteiger partial charge in [0.15, 0.2) is 0 Å². The number of hydrogen-bond acceptors (Lipinski definition) is 2. The molecule has 1 rings (SSSR count). The number of likely N-dealkylation sites (tertiary alicyclic amines) is 1. The van der Waals surface area contributed by atoms with Gasteiger partial charge in [0.25, 0.3) is 0 Å². The molecule has 0 aliphatic carbocycles. The zero-order valence-electron chi connectivity index (χ0n) is 12.8. The van der Waals surface area contributed by atoms with Crippen molar-refractivity contribution in [1.29, 1.82) is 0 Å². The predicted octanol–water partition coefficient (Wildman–Crippen LogP) is 2.58. The molecule has 114 valence electrons. The van der Waals surface area contributed by atoms with E-state index >= 15 is 0 Å². The van der Waals surface area contributed by atoms with Crippen molar-refractivity contribution in [1.82, 2.24) is 9.80 Å². The minimum Gasteiger partial charge on any atom is -0.481 e. The Morgan fingerprint density at radius 1 is 1.50 bits per heavy atom. The second kappa shape index (κ2) is 6.77. The Balaban J connectivity index is 2.87. The Hall–Kier alpha value is -1.52. The molecule has 0 radical (unpaired) electrons. The first-order valence-corrected chi connectivity index (χ1v) is 7.27. The second-order valence-electron chi connectivity index (χ2n) is 5.78. The normalized spacial score (nSPS) is 22.7. The number of carboxylic acid groups (broad SMARTS) is 1. The van der Waals surface area contributed by atoms with Crippen LogP contribution in [0.2, 0.25) is 0 Å². The third kappa shape index (κ3) is 3.32. The van der Waals surface area contributed by atoms with Crippen LogP contribution >= 0.6 is 0 Å². The van der Waals surface area contributed by atoms with E-state index in [1.165, 1.54) is 0 Å². The summed E-state index contributed by atoms with van der Waals surface area (Å²) < 4.78 is 0. The minimum atomic E-state index is -0.794. The van der Waals surface area contributed by atoms with Gasteiger partial charge in [-0.3, -0.25) is 4.79 Å². The van der Waals surface area contributed by atoms with Gasteiger partial charge in [0, 0.05) is 25.7 Å². The number of aliphatic carboxylic acids is 1. The van der Waals surface area contributed by atoms with E-state index in [2.05, 4.69) is 6.58 Å². The Morgan fingerprint density at radius 3 is 2.60 bits per heavy atom. The lowest BCUT2D eigenvalue weighted by Gasteiger charge is -2.42. The lowest BCUT2D eigenvalue weighted by atomic mass is 9.78. The molecule has 1 saturated heterocycles. The van der Waals surface area contributed by atoms with Gasteiger partial charge >= 0.3 is 12.0 Å². The van der Waals surface area contributed by atoms with E-state index in [4.69, 9.17) is 0 Å². The standard InChI is InChI=1S/C15H26N2O3/c1-5-9-17(12(3)4)14(20)16-10-7-8-15(6-2,11-16)13(18)19/h5,12H,1,6-11H2,2-4H3,(H,18,19). The number of carbonyl (C=O) groups excluding carboxylic acids is 1. The van der Waals surface area contributed by atoms with Crippen LogP contribution in [0.4, 0.5) is 4.79 Å². The molecule has 1 atom stereocenters. The van der Waals surface area contributed by atoms with Crippen molar-refractivity contribution in [3.8, 4) is 0 Å². The molecule has 0 saturated carbocycles. The molecule has 0 spiro atoms. The van der Waals surface area contributed by atoms with Crippen molar-refractivity contribution < 1.29 is 14.7 Å². The molecule has 1 heterocycles. The molecule has 1 aliphatic rings. The van der Waals surface area contributed by atoms with Crippen LogP contribution in [0.25, 0.3) is 0 Å². The first-order chi connectivity index (χ1) is 9.38. The van der Waals surface area contributed by atoms with Gasteiger partial charge in [-0.2, -0.15) is 0 Å². The SMILES string of the molecule is C=CCN(C(=O)N1CCCC(CC)(C(=O)O)C1)C(C)C. The molecular weight excluding hydrogens is 256 g/mol. The molecule has 5 heteroatoms. The van der Waals surface area contributed by atoms with E-state index in [1.807, 2.05) is 20.8 Å². The van der Waals surface area contributed by atoms with Crippen LogP contribution in [0.3, 0.4) is 0 Å². The van der Waals surface area contributed by atoms with Gasteiger partial charge in [-0.25, -0.2) is 4.79 Å². The number of nitrogens with zero attached hydrogens (tertiary/aromatic N) is 2. The van der Waals surface area contributed by atoms with Gasteiger partial charge < -0.3 is 14.9 Å². The number of hydrogen-bond donors (Lipinski definition) is 1. The molecule has 2 amide bonds. The van der Waals surface area contributed by atoms with E-state index < -0.39 is 11.4 Å². The molecule has 0 aromatic heterocycles. The van der Waals surface area contributed by atoms with Crippen LogP contribution < -0.4 is 0 Å². The van der Waals surface area contributed by atoms with E-state index in [0.29, 0.717) is 32.5 Å². The number of rotatable bonds is 5.